The van der Waals surface area contributed by atoms with Crippen LogP contribution in [0, 0.1) is 0 Å². The molecule has 4 heteroatoms. The third kappa shape index (κ3) is 6.33. The predicted molar refractivity (Wildman–Crippen MR) is 233 cm³/mol. The molecule has 1 atom stereocenters. The molecule has 8 aromatic carbocycles. The summed E-state index contributed by atoms with van der Waals surface area (Å²) in [5, 5.41) is 5.95. The summed E-state index contributed by atoms with van der Waals surface area (Å²) in [5.41, 5.74) is 14.5. The zero-order chi connectivity index (χ0) is 37.3. The molecule has 0 saturated heterocycles. The van der Waals surface area contributed by atoms with Crippen molar-refractivity contribution in [3.8, 4) is 22.3 Å². The van der Waals surface area contributed by atoms with Gasteiger partial charge >= 0.3 is 0 Å². The van der Waals surface area contributed by atoms with E-state index in [4.69, 9.17) is 9.41 Å². The lowest BCUT2D eigenvalue weighted by molar-refractivity contribution is 0.658. The zero-order valence-electron chi connectivity index (χ0n) is 30.6. The highest BCUT2D eigenvalue weighted by Crippen LogP contribution is 2.44. The van der Waals surface area contributed by atoms with Gasteiger partial charge in [0.25, 0.3) is 0 Å². The number of rotatable bonds is 8. The Balaban J connectivity index is 1.17. The molecule has 0 fully saturated rings. The number of furan rings is 1. The number of allylic oxidation sites excluding steroid dienone is 1. The van der Waals surface area contributed by atoms with Gasteiger partial charge in [0.05, 0.1) is 11.4 Å². The van der Waals surface area contributed by atoms with Crippen LogP contribution in [0.25, 0.3) is 49.9 Å². The molecule has 10 rings (SSSR count). The van der Waals surface area contributed by atoms with Crippen LogP contribution in [-0.2, 0) is 0 Å². The van der Waals surface area contributed by atoms with Crippen molar-refractivity contribution >= 4 is 50.4 Å². The second-order valence-electron chi connectivity index (χ2n) is 14.0. The molecule has 1 aliphatic rings. The molecule has 0 aliphatic carbocycles. The minimum Gasteiger partial charge on any atom is -0.456 e. The molecule has 1 unspecified atom stereocenters. The maximum absolute atomic E-state index is 6.71. The molecule has 56 heavy (non-hydrogen) atoms. The number of anilines is 3. The summed E-state index contributed by atoms with van der Waals surface area (Å²) in [7, 11) is 0. The highest BCUT2D eigenvalue weighted by molar-refractivity contribution is 6.14. The number of fused-ring (bicyclic) bond motifs is 3. The molecule has 0 spiro atoms. The number of nitrogens with zero attached hydrogens (tertiary/aromatic N) is 2. The Kier molecular flexibility index (Phi) is 8.54. The zero-order valence-corrected chi connectivity index (χ0v) is 30.6. The lowest BCUT2D eigenvalue weighted by Crippen LogP contribution is -2.25. The van der Waals surface area contributed by atoms with Gasteiger partial charge in [-0.25, -0.2) is 0 Å². The van der Waals surface area contributed by atoms with Crippen LogP contribution in [0.1, 0.15) is 22.9 Å². The molecule has 0 radical (unpaired) electrons. The Morgan fingerprint density at radius 3 is 1.48 bits per heavy atom. The van der Waals surface area contributed by atoms with Crippen LogP contribution in [0.4, 0.5) is 17.1 Å². The van der Waals surface area contributed by atoms with Gasteiger partial charge < -0.3 is 14.6 Å². The summed E-state index contributed by atoms with van der Waals surface area (Å²) in [6, 6.07) is 72.3. The van der Waals surface area contributed by atoms with Gasteiger partial charge in [-0.2, -0.15) is 0 Å². The molecule has 4 nitrogen and oxygen atoms in total. The first kappa shape index (κ1) is 33.2. The fourth-order valence-electron chi connectivity index (χ4n) is 7.76. The van der Waals surface area contributed by atoms with Crippen LogP contribution in [-0.4, -0.2) is 5.71 Å². The molecule has 0 saturated carbocycles. The van der Waals surface area contributed by atoms with Gasteiger partial charge in [-0.15, -0.1) is 0 Å². The van der Waals surface area contributed by atoms with Crippen molar-refractivity contribution in [3.05, 3.63) is 229 Å². The van der Waals surface area contributed by atoms with Crippen molar-refractivity contribution in [3.63, 3.8) is 0 Å². The number of hydrogen-bond donors (Lipinski definition) is 1. The van der Waals surface area contributed by atoms with Crippen molar-refractivity contribution in [2.45, 2.75) is 6.17 Å². The smallest absolute Gasteiger partial charge is 0.146 e. The first-order valence-electron chi connectivity index (χ1n) is 19.0. The first-order chi connectivity index (χ1) is 27.7. The molecular weight excluding hydrogens is 683 g/mol. The van der Waals surface area contributed by atoms with Crippen LogP contribution < -0.4 is 10.2 Å². The average molecular weight is 720 g/mol. The van der Waals surface area contributed by atoms with Gasteiger partial charge in [0, 0.05) is 39.5 Å². The second kappa shape index (κ2) is 14.4. The second-order valence-corrected chi connectivity index (χ2v) is 14.0. The normalized spacial score (nSPS) is 13.9. The van der Waals surface area contributed by atoms with Gasteiger partial charge in [0.2, 0.25) is 0 Å². The molecule has 1 aliphatic heterocycles. The monoisotopic (exact) mass is 719 g/mol. The maximum Gasteiger partial charge on any atom is 0.146 e. The van der Waals surface area contributed by atoms with Gasteiger partial charge in [0.15, 0.2) is 0 Å². The number of benzene rings is 8. The summed E-state index contributed by atoms with van der Waals surface area (Å²) >= 11 is 0. The van der Waals surface area contributed by atoms with E-state index in [0.717, 1.165) is 78.2 Å². The van der Waals surface area contributed by atoms with E-state index in [0.29, 0.717) is 0 Å². The largest absolute Gasteiger partial charge is 0.456 e. The topological polar surface area (TPSA) is 40.8 Å². The lowest BCUT2D eigenvalue weighted by Gasteiger charge is -2.29. The molecule has 9 aromatic rings. The third-order valence-corrected chi connectivity index (χ3v) is 10.5. The highest BCUT2D eigenvalue weighted by Gasteiger charge is 2.26. The van der Waals surface area contributed by atoms with Crippen LogP contribution >= 0.6 is 0 Å². The Hall–Kier alpha value is -7.43. The van der Waals surface area contributed by atoms with Crippen LogP contribution in [0.15, 0.2) is 222 Å². The summed E-state index contributed by atoms with van der Waals surface area (Å²) < 4.78 is 6.71. The van der Waals surface area contributed by atoms with E-state index in [1.54, 1.807) is 0 Å². The molecule has 0 bridgehead atoms. The molecule has 2 heterocycles. The number of para-hydroxylation sites is 1. The quantitative estimate of drug-likeness (QED) is 0.170. The minimum absolute atomic E-state index is 0.406. The van der Waals surface area contributed by atoms with Crippen molar-refractivity contribution in [2.75, 3.05) is 4.90 Å². The summed E-state index contributed by atoms with van der Waals surface area (Å²) in [4.78, 5) is 7.76. The van der Waals surface area contributed by atoms with E-state index in [9.17, 15) is 0 Å². The van der Waals surface area contributed by atoms with Crippen LogP contribution in [0.2, 0.25) is 0 Å². The van der Waals surface area contributed by atoms with Crippen LogP contribution in [0.5, 0.6) is 0 Å². The fourth-order valence-corrected chi connectivity index (χ4v) is 7.76. The Labute approximate surface area is 326 Å². The molecule has 0 amide bonds. The minimum atomic E-state index is -0.406. The average Bonchev–Trinajstić information content (AvgIpc) is 3.66. The Morgan fingerprint density at radius 1 is 0.429 bits per heavy atom. The predicted octanol–water partition coefficient (Wildman–Crippen LogP) is 13.5. The van der Waals surface area contributed by atoms with E-state index in [1.165, 1.54) is 11.1 Å². The van der Waals surface area contributed by atoms with Gasteiger partial charge in [-0.3, -0.25) is 4.99 Å². The first-order valence-corrected chi connectivity index (χ1v) is 19.0. The van der Waals surface area contributed by atoms with Crippen molar-refractivity contribution in [1.82, 2.24) is 5.32 Å². The van der Waals surface area contributed by atoms with Crippen LogP contribution in [0.3, 0.4) is 0 Å². The number of hydrogen-bond acceptors (Lipinski definition) is 4. The van der Waals surface area contributed by atoms with Gasteiger partial charge in [-0.05, 0) is 75.9 Å². The molecule has 266 valence electrons. The van der Waals surface area contributed by atoms with E-state index < -0.39 is 6.17 Å². The van der Waals surface area contributed by atoms with E-state index in [-0.39, 0.29) is 0 Å². The van der Waals surface area contributed by atoms with Gasteiger partial charge in [-0.1, -0.05) is 164 Å². The fraction of sp³-hybridized carbons (Fsp3) is 0.0192. The number of nitrogens with one attached hydrogen (secondary N) is 1. The SMILES string of the molecule is C1=C(c2ccccc2)NC(c2cc(N(c3ccc(-c4ccccc4)cc3)c3ccc(-c4ccccc4)cc3)cc3oc4ccccc4c23)N=C1c1ccccc1. The third-order valence-electron chi connectivity index (χ3n) is 10.5. The Bertz CT molecular complexity index is 2760. The molecule has 1 N–H and O–H groups in total. The van der Waals surface area contributed by atoms with E-state index in [2.05, 4.69) is 204 Å². The molecular formula is C52H37N3O. The lowest BCUT2D eigenvalue weighted by atomic mass is 9.98. The van der Waals surface area contributed by atoms with Crippen molar-refractivity contribution < 1.29 is 4.42 Å². The summed E-state index contributed by atoms with van der Waals surface area (Å²) in [5.74, 6) is 0. The van der Waals surface area contributed by atoms with Gasteiger partial charge in [0.1, 0.15) is 17.3 Å². The summed E-state index contributed by atoms with van der Waals surface area (Å²) in [6.45, 7) is 0. The Morgan fingerprint density at radius 2 is 0.911 bits per heavy atom. The van der Waals surface area contributed by atoms with E-state index in [1.807, 2.05) is 18.2 Å². The van der Waals surface area contributed by atoms with Crippen molar-refractivity contribution in [1.29, 1.82) is 0 Å². The standard InChI is InChI=1S/C52H37N3O/c1-5-15-36(16-6-1)38-25-29-42(30-26-38)55(43-31-27-39(28-32-43)37-17-7-2-8-18-37)44-33-46(51-45-23-13-14-24-49(45)56-50(51)34-44)52-53-47(40-19-9-3-10-20-40)35-48(54-52)41-21-11-4-12-22-41/h1-35,52-53H. The maximum atomic E-state index is 6.71. The number of aliphatic imine (C=N–C) groups is 1. The summed E-state index contributed by atoms with van der Waals surface area (Å²) in [6.07, 6.45) is 1.75. The van der Waals surface area contributed by atoms with Crippen molar-refractivity contribution in [2.24, 2.45) is 4.99 Å². The molecule has 1 aromatic heterocycles. The van der Waals surface area contributed by atoms with E-state index >= 15 is 0 Å². The highest BCUT2D eigenvalue weighted by atomic mass is 16.3.